The summed E-state index contributed by atoms with van der Waals surface area (Å²) in [6.07, 6.45) is -0.229. The first-order chi connectivity index (χ1) is 13.2. The lowest BCUT2D eigenvalue weighted by molar-refractivity contribution is -0.136. The van der Waals surface area contributed by atoms with Gasteiger partial charge in [-0.3, -0.25) is 14.6 Å². The van der Waals surface area contributed by atoms with Gasteiger partial charge in [0.15, 0.2) is 6.04 Å². The average molecular weight is 401 g/mol. The van der Waals surface area contributed by atoms with Gasteiger partial charge in [-0.2, -0.15) is 0 Å². The van der Waals surface area contributed by atoms with E-state index in [0.717, 1.165) is 5.56 Å². The Morgan fingerprint density at radius 1 is 1.21 bits per heavy atom. The second-order valence-electron chi connectivity index (χ2n) is 7.20. The number of carboxylic acids is 1. The van der Waals surface area contributed by atoms with E-state index in [1.807, 2.05) is 30.3 Å². The zero-order chi connectivity index (χ0) is 20.5. The summed E-state index contributed by atoms with van der Waals surface area (Å²) >= 11 is 6.22. The van der Waals surface area contributed by atoms with Crippen molar-refractivity contribution < 1.29 is 19.8 Å². The molecule has 6 nitrogen and oxygen atoms in total. The number of benzene rings is 2. The Labute approximate surface area is 168 Å². The number of anilines is 1. The Bertz CT molecular complexity index is 935. The third-order valence-corrected chi connectivity index (χ3v) is 4.76. The highest BCUT2D eigenvalue weighted by atomic mass is 35.5. The predicted molar refractivity (Wildman–Crippen MR) is 108 cm³/mol. The van der Waals surface area contributed by atoms with E-state index in [1.165, 1.54) is 18.7 Å². The summed E-state index contributed by atoms with van der Waals surface area (Å²) in [7, 11) is 0. The van der Waals surface area contributed by atoms with Crippen molar-refractivity contribution in [1.82, 2.24) is 0 Å². The van der Waals surface area contributed by atoms with Crippen LogP contribution in [-0.4, -0.2) is 46.0 Å². The van der Waals surface area contributed by atoms with Crippen LogP contribution in [0.2, 0.25) is 5.02 Å². The molecule has 0 aliphatic carbocycles. The zero-order valence-corrected chi connectivity index (χ0v) is 16.3. The van der Waals surface area contributed by atoms with Crippen molar-refractivity contribution in [2.45, 2.75) is 31.9 Å². The van der Waals surface area contributed by atoms with Crippen molar-refractivity contribution in [3.63, 3.8) is 0 Å². The molecule has 1 atom stereocenters. The van der Waals surface area contributed by atoms with Crippen molar-refractivity contribution in [3.8, 4) is 0 Å². The maximum atomic E-state index is 13.3. The molecule has 0 spiro atoms. The van der Waals surface area contributed by atoms with Crippen LogP contribution in [0.5, 0.6) is 0 Å². The minimum absolute atomic E-state index is 0.0348. The van der Waals surface area contributed by atoms with Gasteiger partial charge in [0, 0.05) is 22.7 Å². The smallest absolute Gasteiger partial charge is 0.305 e. The summed E-state index contributed by atoms with van der Waals surface area (Å²) in [4.78, 5) is 30.4. The molecule has 2 aromatic carbocycles. The van der Waals surface area contributed by atoms with E-state index in [4.69, 9.17) is 16.7 Å². The molecule has 0 radical (unpaired) electrons. The summed E-state index contributed by atoms with van der Waals surface area (Å²) in [5, 5.41) is 20.2. The highest BCUT2D eigenvalue weighted by Crippen LogP contribution is 2.33. The quantitative estimate of drug-likeness (QED) is 0.806. The van der Waals surface area contributed by atoms with E-state index < -0.39 is 23.5 Å². The van der Waals surface area contributed by atoms with Gasteiger partial charge in [-0.05, 0) is 32.0 Å². The van der Waals surface area contributed by atoms with Gasteiger partial charge < -0.3 is 15.1 Å². The Balaban J connectivity index is 2.25. The third kappa shape index (κ3) is 4.08. The van der Waals surface area contributed by atoms with Crippen molar-refractivity contribution in [3.05, 3.63) is 64.7 Å². The highest BCUT2D eigenvalue weighted by Gasteiger charge is 2.40. The number of aliphatic carboxylic acids is 1. The Kier molecular flexibility index (Phi) is 5.54. The molecule has 2 N–H and O–H groups in total. The number of carbonyl (C=O) groups excluding carboxylic acids is 1. The number of rotatable bonds is 5. The average Bonchev–Trinajstić information content (AvgIpc) is 2.74. The minimum Gasteiger partial charge on any atom is -0.481 e. The van der Waals surface area contributed by atoms with Gasteiger partial charge in [0.25, 0.3) is 5.91 Å². The Morgan fingerprint density at radius 2 is 1.89 bits per heavy atom. The van der Waals surface area contributed by atoms with E-state index in [2.05, 4.69) is 4.99 Å². The lowest BCUT2D eigenvalue weighted by Crippen LogP contribution is -2.49. The normalized spacial score (nSPS) is 17.0. The molecule has 3 rings (SSSR count). The van der Waals surface area contributed by atoms with E-state index >= 15 is 0 Å². The first kappa shape index (κ1) is 20.0. The molecule has 1 aliphatic heterocycles. The van der Waals surface area contributed by atoms with Gasteiger partial charge in [-0.25, -0.2) is 0 Å². The largest absolute Gasteiger partial charge is 0.481 e. The van der Waals surface area contributed by atoms with Crippen molar-refractivity contribution in [2.24, 2.45) is 4.99 Å². The lowest BCUT2D eigenvalue weighted by atomic mass is 9.97. The number of carbonyl (C=O) groups is 2. The first-order valence-corrected chi connectivity index (χ1v) is 9.25. The SMILES string of the molecule is CC(C)(O)C1N=C(c2ccccc2)c2cc(Cl)ccc2N(CCC(=O)O)C1=O. The summed E-state index contributed by atoms with van der Waals surface area (Å²) in [5.41, 5.74) is 0.989. The fraction of sp³-hybridized carbons (Fsp3) is 0.286. The van der Waals surface area contributed by atoms with E-state index in [9.17, 15) is 14.7 Å². The molecular weight excluding hydrogens is 380 g/mol. The second kappa shape index (κ2) is 7.73. The molecule has 2 aromatic rings. The number of carboxylic acid groups (broad SMARTS) is 1. The van der Waals surface area contributed by atoms with Crippen LogP contribution < -0.4 is 4.90 Å². The molecule has 1 aliphatic rings. The van der Waals surface area contributed by atoms with Gasteiger partial charge in [-0.1, -0.05) is 41.9 Å². The van der Waals surface area contributed by atoms with E-state index in [-0.39, 0.29) is 13.0 Å². The fourth-order valence-electron chi connectivity index (χ4n) is 3.18. The van der Waals surface area contributed by atoms with Crippen LogP contribution in [-0.2, 0) is 9.59 Å². The number of fused-ring (bicyclic) bond motifs is 1. The van der Waals surface area contributed by atoms with Gasteiger partial charge in [0.2, 0.25) is 0 Å². The molecule has 0 fully saturated rings. The van der Waals surface area contributed by atoms with Crippen molar-refractivity contribution in [2.75, 3.05) is 11.4 Å². The predicted octanol–water partition coefficient (Wildman–Crippen LogP) is 3.14. The van der Waals surface area contributed by atoms with Gasteiger partial charge in [-0.15, -0.1) is 0 Å². The van der Waals surface area contributed by atoms with Gasteiger partial charge >= 0.3 is 5.97 Å². The van der Waals surface area contributed by atoms with E-state index in [1.54, 1.807) is 18.2 Å². The summed E-state index contributed by atoms with van der Waals surface area (Å²) in [5.74, 6) is -1.47. The van der Waals surface area contributed by atoms with Crippen LogP contribution in [0.4, 0.5) is 5.69 Å². The minimum atomic E-state index is -1.44. The number of aliphatic imine (C=N–C) groups is 1. The molecule has 0 saturated heterocycles. The summed E-state index contributed by atoms with van der Waals surface area (Å²) in [6.45, 7) is 2.99. The number of hydrogen-bond donors (Lipinski definition) is 2. The highest BCUT2D eigenvalue weighted by molar-refractivity contribution is 6.32. The number of aliphatic hydroxyl groups is 1. The molecule has 1 unspecified atom stereocenters. The number of amides is 1. The topological polar surface area (TPSA) is 90.2 Å². The molecule has 146 valence electrons. The maximum Gasteiger partial charge on any atom is 0.305 e. The molecule has 1 heterocycles. The van der Waals surface area contributed by atoms with E-state index in [0.29, 0.717) is 22.0 Å². The summed E-state index contributed by atoms with van der Waals surface area (Å²) < 4.78 is 0. The molecular formula is C21H21ClN2O4. The Hall–Kier alpha value is -2.70. The molecule has 1 amide bonds. The number of nitrogens with zero attached hydrogens (tertiary/aromatic N) is 2. The van der Waals surface area contributed by atoms with Crippen molar-refractivity contribution >= 4 is 34.9 Å². The number of hydrogen-bond acceptors (Lipinski definition) is 4. The molecule has 0 bridgehead atoms. The van der Waals surface area contributed by atoms with Gasteiger partial charge in [0.05, 0.1) is 23.4 Å². The Morgan fingerprint density at radius 3 is 2.50 bits per heavy atom. The molecule has 7 heteroatoms. The standard InChI is InChI=1S/C21H21ClN2O4/c1-21(2,28)19-20(27)24(11-10-17(25)26)16-9-8-14(22)12-15(16)18(23-19)13-6-4-3-5-7-13/h3-9,12,19,28H,10-11H2,1-2H3,(H,25,26). The van der Waals surface area contributed by atoms with Crippen LogP contribution in [0, 0.1) is 0 Å². The van der Waals surface area contributed by atoms with Crippen LogP contribution in [0.1, 0.15) is 31.4 Å². The zero-order valence-electron chi connectivity index (χ0n) is 15.6. The lowest BCUT2D eigenvalue weighted by Gasteiger charge is -2.29. The van der Waals surface area contributed by atoms with Crippen molar-refractivity contribution in [1.29, 1.82) is 0 Å². The van der Waals surface area contributed by atoms with Crippen LogP contribution in [0.15, 0.2) is 53.5 Å². The molecule has 28 heavy (non-hydrogen) atoms. The summed E-state index contributed by atoms with van der Waals surface area (Å²) in [6, 6.07) is 13.3. The second-order valence-corrected chi connectivity index (χ2v) is 7.63. The monoisotopic (exact) mass is 400 g/mol. The molecule has 0 saturated carbocycles. The van der Waals surface area contributed by atoms with Crippen LogP contribution in [0.3, 0.4) is 0 Å². The van der Waals surface area contributed by atoms with Crippen LogP contribution in [0.25, 0.3) is 0 Å². The number of halogens is 1. The fourth-order valence-corrected chi connectivity index (χ4v) is 3.35. The van der Waals surface area contributed by atoms with Crippen LogP contribution >= 0.6 is 11.6 Å². The third-order valence-electron chi connectivity index (χ3n) is 4.53. The van der Waals surface area contributed by atoms with Gasteiger partial charge in [0.1, 0.15) is 0 Å². The number of benzodiazepines with no additional fused rings is 1. The maximum absolute atomic E-state index is 13.3. The first-order valence-electron chi connectivity index (χ1n) is 8.87. The molecule has 0 aromatic heterocycles.